The van der Waals surface area contributed by atoms with Gasteiger partial charge >= 0.3 is 0 Å². The van der Waals surface area contributed by atoms with Crippen LogP contribution in [0.3, 0.4) is 0 Å². The Balaban J connectivity index is 1.58. The summed E-state index contributed by atoms with van der Waals surface area (Å²) >= 11 is 6.15. The maximum Gasteiger partial charge on any atom is 0.224 e. The molecule has 0 atom stereocenters. The van der Waals surface area contributed by atoms with Crippen LogP contribution in [0.25, 0.3) is 11.3 Å². The normalized spacial score (nSPS) is 10.5. The van der Waals surface area contributed by atoms with Gasteiger partial charge in [-0.15, -0.1) is 0 Å². The number of hydrogen-bond acceptors (Lipinski definition) is 4. The van der Waals surface area contributed by atoms with E-state index in [2.05, 4.69) is 10.3 Å². The van der Waals surface area contributed by atoms with Crippen LogP contribution in [0.2, 0.25) is 5.02 Å². The van der Waals surface area contributed by atoms with Crippen molar-refractivity contribution in [3.63, 3.8) is 0 Å². The molecule has 1 amide bonds. The fraction of sp³-hybridized carbons (Fsp3) is 0.158. The lowest BCUT2D eigenvalue weighted by Gasteiger charge is -2.06. The van der Waals surface area contributed by atoms with Crippen molar-refractivity contribution in [2.45, 2.75) is 12.8 Å². The number of carbonyl (C=O) groups excluding carboxylic acids is 1. The first-order valence-corrected chi connectivity index (χ1v) is 8.17. The van der Waals surface area contributed by atoms with Crippen LogP contribution < -0.4 is 10.1 Å². The quantitative estimate of drug-likeness (QED) is 0.702. The number of nitrogens with zero attached hydrogens (tertiary/aromatic N) is 1. The number of nitrogens with one attached hydrogen (secondary N) is 1. The molecule has 0 saturated heterocycles. The second-order valence-corrected chi connectivity index (χ2v) is 5.79. The van der Waals surface area contributed by atoms with Crippen molar-refractivity contribution >= 4 is 23.2 Å². The van der Waals surface area contributed by atoms with Crippen LogP contribution in [-0.2, 0) is 11.2 Å². The predicted octanol–water partition coefficient (Wildman–Crippen LogP) is 4.57. The first-order chi connectivity index (χ1) is 12.2. The van der Waals surface area contributed by atoms with Crippen LogP contribution in [0.15, 0.2) is 59.1 Å². The summed E-state index contributed by atoms with van der Waals surface area (Å²) in [6, 6.07) is 14.6. The van der Waals surface area contributed by atoms with Gasteiger partial charge in [-0.05, 0) is 24.3 Å². The van der Waals surface area contributed by atoms with E-state index in [1.807, 2.05) is 30.3 Å². The fourth-order valence-corrected chi connectivity index (χ4v) is 2.59. The van der Waals surface area contributed by atoms with Crippen LogP contribution in [0, 0.1) is 0 Å². The zero-order chi connectivity index (χ0) is 17.6. The lowest BCUT2D eigenvalue weighted by Crippen LogP contribution is -2.12. The molecule has 3 rings (SSSR count). The largest absolute Gasteiger partial charge is 0.497 e. The highest BCUT2D eigenvalue weighted by Gasteiger charge is 2.11. The molecule has 2 aromatic carbocycles. The monoisotopic (exact) mass is 356 g/mol. The van der Waals surface area contributed by atoms with Gasteiger partial charge < -0.3 is 14.5 Å². The molecule has 6 heteroatoms. The second kappa shape index (κ2) is 7.85. The van der Waals surface area contributed by atoms with E-state index in [0.717, 1.165) is 5.56 Å². The minimum atomic E-state index is -0.120. The highest BCUT2D eigenvalue weighted by atomic mass is 35.5. The van der Waals surface area contributed by atoms with E-state index in [1.165, 1.54) is 0 Å². The molecule has 0 spiro atoms. The first kappa shape index (κ1) is 17.0. The fourth-order valence-electron chi connectivity index (χ4n) is 2.36. The van der Waals surface area contributed by atoms with Gasteiger partial charge in [0.1, 0.15) is 5.75 Å². The molecular formula is C19H17ClN2O3. The van der Waals surface area contributed by atoms with E-state index in [0.29, 0.717) is 34.5 Å². The molecule has 3 aromatic rings. The number of aromatic nitrogens is 1. The number of halogens is 1. The Bertz CT molecular complexity index is 876. The van der Waals surface area contributed by atoms with E-state index < -0.39 is 0 Å². The molecule has 0 aliphatic rings. The smallest absolute Gasteiger partial charge is 0.224 e. The van der Waals surface area contributed by atoms with E-state index >= 15 is 0 Å². The van der Waals surface area contributed by atoms with Gasteiger partial charge in [-0.2, -0.15) is 0 Å². The van der Waals surface area contributed by atoms with E-state index in [9.17, 15) is 4.79 Å². The average Bonchev–Trinajstić information content (AvgIpc) is 3.09. The van der Waals surface area contributed by atoms with Crippen molar-refractivity contribution in [2.75, 3.05) is 12.4 Å². The third kappa shape index (κ3) is 4.39. The summed E-state index contributed by atoms with van der Waals surface area (Å²) in [7, 11) is 1.58. The molecule has 128 valence electrons. The van der Waals surface area contributed by atoms with Gasteiger partial charge in [-0.25, -0.2) is 4.98 Å². The molecule has 0 unspecified atom stereocenters. The van der Waals surface area contributed by atoms with Gasteiger partial charge in [-0.3, -0.25) is 4.79 Å². The minimum absolute atomic E-state index is 0.120. The zero-order valence-electron chi connectivity index (χ0n) is 13.7. The number of hydrogen-bond donors (Lipinski definition) is 1. The third-order valence-corrected chi connectivity index (χ3v) is 3.94. The Morgan fingerprint density at radius 2 is 2.08 bits per heavy atom. The molecule has 0 aliphatic heterocycles. The van der Waals surface area contributed by atoms with Crippen molar-refractivity contribution in [1.82, 2.24) is 4.98 Å². The van der Waals surface area contributed by atoms with Gasteiger partial charge in [0.2, 0.25) is 5.91 Å². The number of anilines is 1. The number of methoxy groups -OCH3 is 1. The number of aryl methyl sites for hydroxylation is 1. The maximum atomic E-state index is 12.1. The van der Waals surface area contributed by atoms with E-state index in [4.69, 9.17) is 20.8 Å². The maximum absolute atomic E-state index is 12.1. The van der Waals surface area contributed by atoms with Gasteiger partial charge in [0.25, 0.3) is 0 Å². The van der Waals surface area contributed by atoms with Gasteiger partial charge in [-0.1, -0.05) is 29.8 Å². The van der Waals surface area contributed by atoms with Crippen LogP contribution in [0.1, 0.15) is 12.3 Å². The van der Waals surface area contributed by atoms with Gasteiger partial charge in [0.05, 0.1) is 18.3 Å². The van der Waals surface area contributed by atoms with Crippen molar-refractivity contribution < 1.29 is 13.9 Å². The number of amides is 1. The molecule has 0 saturated carbocycles. The van der Waals surface area contributed by atoms with Crippen molar-refractivity contribution in [3.8, 4) is 17.1 Å². The number of rotatable bonds is 6. The van der Waals surface area contributed by atoms with Crippen molar-refractivity contribution in [3.05, 3.63) is 65.6 Å². The van der Waals surface area contributed by atoms with E-state index in [1.54, 1.807) is 31.5 Å². The van der Waals surface area contributed by atoms with Gasteiger partial charge in [0.15, 0.2) is 11.7 Å². The van der Waals surface area contributed by atoms with Crippen LogP contribution in [-0.4, -0.2) is 18.0 Å². The summed E-state index contributed by atoms with van der Waals surface area (Å²) in [5, 5.41) is 3.42. The number of carbonyl (C=O) groups is 1. The van der Waals surface area contributed by atoms with E-state index in [-0.39, 0.29) is 12.3 Å². The highest BCUT2D eigenvalue weighted by Crippen LogP contribution is 2.28. The molecule has 0 bridgehead atoms. The Kier molecular flexibility index (Phi) is 5.36. The molecule has 1 aromatic heterocycles. The molecule has 25 heavy (non-hydrogen) atoms. The third-order valence-electron chi connectivity index (χ3n) is 3.61. The lowest BCUT2D eigenvalue weighted by molar-refractivity contribution is -0.116. The Labute approximate surface area is 150 Å². The zero-order valence-corrected chi connectivity index (χ0v) is 14.4. The van der Waals surface area contributed by atoms with Crippen molar-refractivity contribution in [1.29, 1.82) is 0 Å². The lowest BCUT2D eigenvalue weighted by atomic mass is 10.2. The number of ether oxygens (including phenoxy) is 1. The number of oxazole rings is 1. The summed E-state index contributed by atoms with van der Waals surface area (Å²) in [6.45, 7) is 0. The molecule has 0 fully saturated rings. The Morgan fingerprint density at radius 3 is 2.88 bits per heavy atom. The average molecular weight is 357 g/mol. The Morgan fingerprint density at radius 1 is 1.24 bits per heavy atom. The minimum Gasteiger partial charge on any atom is -0.497 e. The summed E-state index contributed by atoms with van der Waals surface area (Å²) in [6.07, 6.45) is 2.29. The molecule has 0 aliphatic carbocycles. The topological polar surface area (TPSA) is 64.4 Å². The van der Waals surface area contributed by atoms with Crippen molar-refractivity contribution in [2.24, 2.45) is 0 Å². The summed E-state index contributed by atoms with van der Waals surface area (Å²) in [5.74, 6) is 1.66. The summed E-state index contributed by atoms with van der Waals surface area (Å²) < 4.78 is 10.8. The standard InChI is InChI=1S/C19H17ClN2O3/c1-24-14-6-4-5-13(11-14)22-18(23)9-10-19-21-12-17(25-19)15-7-2-3-8-16(15)20/h2-8,11-12H,9-10H2,1H3,(H,22,23). The Hall–Kier alpha value is -2.79. The van der Waals surface area contributed by atoms with Gasteiger partial charge in [0, 0.05) is 30.2 Å². The summed E-state index contributed by atoms with van der Waals surface area (Å²) in [5.41, 5.74) is 1.47. The second-order valence-electron chi connectivity index (χ2n) is 5.38. The molecule has 1 heterocycles. The summed E-state index contributed by atoms with van der Waals surface area (Å²) in [4.78, 5) is 16.3. The first-order valence-electron chi connectivity index (χ1n) is 7.79. The predicted molar refractivity (Wildman–Crippen MR) is 96.9 cm³/mol. The molecule has 0 radical (unpaired) electrons. The number of benzene rings is 2. The van der Waals surface area contributed by atoms with Crippen LogP contribution >= 0.6 is 11.6 Å². The molecular weight excluding hydrogens is 340 g/mol. The van der Waals surface area contributed by atoms with Crippen LogP contribution in [0.5, 0.6) is 5.75 Å². The van der Waals surface area contributed by atoms with Crippen LogP contribution in [0.4, 0.5) is 5.69 Å². The highest BCUT2D eigenvalue weighted by molar-refractivity contribution is 6.33. The molecule has 5 nitrogen and oxygen atoms in total. The SMILES string of the molecule is COc1cccc(NC(=O)CCc2ncc(-c3ccccc3Cl)o2)c1. The molecule has 1 N–H and O–H groups in total.